The maximum atomic E-state index is 6.14. The van der Waals surface area contributed by atoms with E-state index in [0.717, 1.165) is 30.9 Å². The van der Waals surface area contributed by atoms with E-state index in [0.29, 0.717) is 26.4 Å². The van der Waals surface area contributed by atoms with E-state index in [2.05, 4.69) is 130 Å². The first kappa shape index (κ1) is 29.9. The van der Waals surface area contributed by atoms with Crippen LogP contribution < -0.4 is 0 Å². The molecule has 0 saturated heterocycles. The van der Waals surface area contributed by atoms with Crippen molar-refractivity contribution in [3.05, 3.63) is 144 Å². The van der Waals surface area contributed by atoms with Crippen LogP contribution in [-0.2, 0) is 49.0 Å². The molecule has 8 aromatic carbocycles. The minimum absolute atomic E-state index is 0.406. The predicted molar refractivity (Wildman–Crippen MR) is 202 cm³/mol. The summed E-state index contributed by atoms with van der Waals surface area (Å²) in [6.45, 7) is 3.28. The second-order valence-corrected chi connectivity index (χ2v) is 13.4. The lowest BCUT2D eigenvalue weighted by Crippen LogP contribution is -2.05. The average molecular weight is 667 g/mol. The van der Waals surface area contributed by atoms with Crippen LogP contribution in [0.25, 0.3) is 64.6 Å². The van der Waals surface area contributed by atoms with Gasteiger partial charge in [-0.1, -0.05) is 120 Å². The van der Waals surface area contributed by atoms with Crippen LogP contribution in [0.5, 0.6) is 0 Å². The smallest absolute Gasteiger partial charge is 0.108 e. The molecule has 10 rings (SSSR count). The molecule has 0 N–H and O–H groups in total. The highest BCUT2D eigenvalue weighted by Crippen LogP contribution is 2.37. The molecule has 0 bridgehead atoms. The normalized spacial score (nSPS) is 12.2. The molecule has 0 amide bonds. The van der Waals surface area contributed by atoms with Crippen LogP contribution >= 0.6 is 0 Å². The Bertz CT molecular complexity index is 2600. The maximum absolute atomic E-state index is 6.14. The summed E-state index contributed by atoms with van der Waals surface area (Å²) in [5, 5.41) is 32.7. The Hall–Kier alpha value is -5.96. The van der Waals surface area contributed by atoms with Crippen LogP contribution in [-0.4, -0.2) is 30.0 Å². The summed E-state index contributed by atoms with van der Waals surface area (Å²) in [7, 11) is 0. The van der Waals surface area contributed by atoms with E-state index in [9.17, 15) is 0 Å². The predicted octanol–water partition coefficient (Wildman–Crippen LogP) is 9.19. The number of aryl methyl sites for hydroxylation is 2. The summed E-state index contributed by atoms with van der Waals surface area (Å²) in [5.41, 5.74) is 3.99. The van der Waals surface area contributed by atoms with Crippen molar-refractivity contribution in [1.82, 2.24) is 30.0 Å². The second kappa shape index (κ2) is 12.4. The van der Waals surface area contributed by atoms with Crippen LogP contribution in [0.1, 0.15) is 28.9 Å². The lowest BCUT2D eigenvalue weighted by molar-refractivity contribution is 0.105. The molecule has 10 aromatic rings. The van der Waals surface area contributed by atoms with E-state index in [1.165, 1.54) is 75.8 Å². The summed E-state index contributed by atoms with van der Waals surface area (Å²) in [5.74, 6) is 0. The Balaban J connectivity index is 0.720. The van der Waals surface area contributed by atoms with Crippen molar-refractivity contribution in [2.75, 3.05) is 0 Å². The van der Waals surface area contributed by atoms with Gasteiger partial charge in [0.15, 0.2) is 0 Å². The Morgan fingerprint density at radius 1 is 0.412 bits per heavy atom. The summed E-state index contributed by atoms with van der Waals surface area (Å²) in [6.07, 6.45) is 4.77. The van der Waals surface area contributed by atoms with Crippen molar-refractivity contribution in [2.45, 2.75) is 45.9 Å². The van der Waals surface area contributed by atoms with Crippen molar-refractivity contribution >= 4 is 64.6 Å². The van der Waals surface area contributed by atoms with E-state index in [4.69, 9.17) is 9.47 Å². The van der Waals surface area contributed by atoms with E-state index in [1.807, 2.05) is 21.8 Å². The van der Waals surface area contributed by atoms with E-state index in [-0.39, 0.29) is 0 Å². The number of nitrogens with zero attached hydrogens (tertiary/aromatic N) is 6. The van der Waals surface area contributed by atoms with Gasteiger partial charge in [-0.15, -0.1) is 10.2 Å². The SMILES string of the molecule is c1cc2ccc3ccc(COCc4cn(CCCn5cc(COCc6ccc7ccc8cccc9ccc6c7c89)nn5)nn4)c4ccc(c1)c2c34. The molecule has 0 aliphatic heterocycles. The number of hydrogen-bond donors (Lipinski definition) is 0. The quantitative estimate of drug-likeness (QED) is 0.121. The zero-order valence-corrected chi connectivity index (χ0v) is 28.0. The Kier molecular flexibility index (Phi) is 7.29. The van der Waals surface area contributed by atoms with E-state index in [1.54, 1.807) is 0 Å². The van der Waals surface area contributed by atoms with Gasteiger partial charge in [-0.25, -0.2) is 0 Å². The fourth-order valence-corrected chi connectivity index (χ4v) is 7.80. The Labute approximate surface area is 293 Å². The average Bonchev–Trinajstić information content (AvgIpc) is 3.83. The molecule has 51 heavy (non-hydrogen) atoms. The van der Waals surface area contributed by atoms with Gasteiger partial charge in [0, 0.05) is 13.1 Å². The van der Waals surface area contributed by atoms with Crippen LogP contribution in [0, 0.1) is 0 Å². The summed E-state index contributed by atoms with van der Waals surface area (Å²) < 4.78 is 16.0. The van der Waals surface area contributed by atoms with Crippen molar-refractivity contribution in [2.24, 2.45) is 0 Å². The molecule has 248 valence electrons. The van der Waals surface area contributed by atoms with Crippen LogP contribution in [0.4, 0.5) is 0 Å². The molecular formula is C43H34N6O2. The third kappa shape index (κ3) is 5.40. The van der Waals surface area contributed by atoms with Crippen LogP contribution in [0.2, 0.25) is 0 Å². The third-order valence-corrected chi connectivity index (χ3v) is 10.2. The summed E-state index contributed by atoms with van der Waals surface area (Å²) in [6, 6.07) is 39.4. The Morgan fingerprint density at radius 2 is 0.804 bits per heavy atom. The lowest BCUT2D eigenvalue weighted by atomic mass is 9.92. The molecule has 0 spiro atoms. The van der Waals surface area contributed by atoms with Crippen molar-refractivity contribution in [1.29, 1.82) is 0 Å². The van der Waals surface area contributed by atoms with Gasteiger partial charge in [0.25, 0.3) is 0 Å². The highest BCUT2D eigenvalue weighted by atomic mass is 16.5. The highest BCUT2D eigenvalue weighted by Gasteiger charge is 2.13. The van der Waals surface area contributed by atoms with Gasteiger partial charge in [0.1, 0.15) is 11.4 Å². The van der Waals surface area contributed by atoms with Crippen molar-refractivity contribution in [3.8, 4) is 0 Å². The highest BCUT2D eigenvalue weighted by molar-refractivity contribution is 6.24. The van der Waals surface area contributed by atoms with Crippen LogP contribution in [0.15, 0.2) is 122 Å². The molecule has 2 heterocycles. The third-order valence-electron chi connectivity index (χ3n) is 10.2. The first-order valence-corrected chi connectivity index (χ1v) is 17.5. The molecule has 0 fully saturated rings. The molecule has 0 atom stereocenters. The number of hydrogen-bond acceptors (Lipinski definition) is 6. The van der Waals surface area contributed by atoms with Crippen LogP contribution in [0.3, 0.4) is 0 Å². The fraction of sp³-hybridized carbons (Fsp3) is 0.163. The molecule has 0 unspecified atom stereocenters. The van der Waals surface area contributed by atoms with Gasteiger partial charge in [0.05, 0.1) is 38.8 Å². The van der Waals surface area contributed by atoms with Gasteiger partial charge in [0.2, 0.25) is 0 Å². The van der Waals surface area contributed by atoms with Gasteiger partial charge >= 0.3 is 0 Å². The number of ether oxygens (including phenoxy) is 2. The molecule has 0 saturated carbocycles. The zero-order chi connectivity index (χ0) is 33.7. The molecular weight excluding hydrogens is 633 g/mol. The molecule has 0 aliphatic rings. The molecule has 8 heteroatoms. The van der Waals surface area contributed by atoms with Crippen molar-refractivity contribution < 1.29 is 9.47 Å². The Morgan fingerprint density at radius 3 is 1.25 bits per heavy atom. The second-order valence-electron chi connectivity index (χ2n) is 13.4. The van der Waals surface area contributed by atoms with Gasteiger partial charge in [-0.2, -0.15) is 0 Å². The number of rotatable bonds is 12. The van der Waals surface area contributed by atoms with E-state index < -0.39 is 0 Å². The van der Waals surface area contributed by atoms with E-state index >= 15 is 0 Å². The number of benzene rings is 8. The standard InChI is InChI=1S/C43H34N6O2/c1-4-28-8-10-32-12-14-34(38-18-16-30(6-1)40(28)42(32)38)24-50-26-36-22-48(46-44-36)20-3-21-49-23-37(45-47-49)27-51-25-35-15-13-33-11-9-29-5-2-7-31-17-19-39(35)43(33)41(29)31/h1-2,4-19,22-23H,3,20-21,24-27H2. The summed E-state index contributed by atoms with van der Waals surface area (Å²) >= 11 is 0. The monoisotopic (exact) mass is 666 g/mol. The van der Waals surface area contributed by atoms with Gasteiger partial charge < -0.3 is 9.47 Å². The fourth-order valence-electron chi connectivity index (χ4n) is 7.80. The first-order chi connectivity index (χ1) is 25.2. The number of aromatic nitrogens is 6. The van der Waals surface area contributed by atoms with Crippen molar-refractivity contribution in [3.63, 3.8) is 0 Å². The topological polar surface area (TPSA) is 79.9 Å². The minimum atomic E-state index is 0.406. The first-order valence-electron chi connectivity index (χ1n) is 17.5. The molecule has 2 aromatic heterocycles. The maximum Gasteiger partial charge on any atom is 0.108 e. The van der Waals surface area contributed by atoms with Gasteiger partial charge in [-0.05, 0) is 82.2 Å². The van der Waals surface area contributed by atoms with Gasteiger partial charge in [-0.3, -0.25) is 9.36 Å². The zero-order valence-electron chi connectivity index (χ0n) is 28.0. The molecule has 8 nitrogen and oxygen atoms in total. The molecule has 0 radical (unpaired) electrons. The lowest BCUT2D eigenvalue weighted by Gasteiger charge is -2.13. The largest absolute Gasteiger partial charge is 0.370 e. The molecule has 0 aliphatic carbocycles. The minimum Gasteiger partial charge on any atom is -0.370 e. The summed E-state index contributed by atoms with van der Waals surface area (Å²) in [4.78, 5) is 0.